The highest BCUT2D eigenvalue weighted by Gasteiger charge is 2.16. The first kappa shape index (κ1) is 14.9. The summed E-state index contributed by atoms with van der Waals surface area (Å²) in [5.41, 5.74) is 7.01. The molecule has 2 N–H and O–H groups in total. The lowest BCUT2D eigenvalue weighted by Crippen LogP contribution is -2.36. The van der Waals surface area contributed by atoms with Crippen LogP contribution in [0.15, 0.2) is 18.3 Å². The van der Waals surface area contributed by atoms with E-state index in [1.54, 1.807) is 13.3 Å². The molecule has 1 aromatic rings. The molecule has 1 heterocycles. The van der Waals surface area contributed by atoms with Crippen molar-refractivity contribution in [2.24, 2.45) is 0 Å². The third-order valence-electron chi connectivity index (χ3n) is 3.34. The monoisotopic (exact) mass is 251 g/mol. The van der Waals surface area contributed by atoms with Crippen LogP contribution in [-0.4, -0.2) is 36.2 Å². The molecule has 4 nitrogen and oxygen atoms in total. The Balaban J connectivity index is 2.74. The lowest BCUT2D eigenvalue weighted by Gasteiger charge is -2.30. The SMILES string of the molecule is CCC(CC)N(CCOC)Cc1cccnc1N. The quantitative estimate of drug-likeness (QED) is 0.770. The topological polar surface area (TPSA) is 51.4 Å². The van der Waals surface area contributed by atoms with E-state index in [-0.39, 0.29) is 0 Å². The zero-order chi connectivity index (χ0) is 13.4. The third-order valence-corrected chi connectivity index (χ3v) is 3.34. The number of hydrogen-bond donors (Lipinski definition) is 1. The Morgan fingerprint density at radius 1 is 1.39 bits per heavy atom. The van der Waals surface area contributed by atoms with Crippen LogP contribution in [0.25, 0.3) is 0 Å². The average Bonchev–Trinajstić information content (AvgIpc) is 2.39. The Morgan fingerprint density at radius 3 is 2.67 bits per heavy atom. The average molecular weight is 251 g/mol. The van der Waals surface area contributed by atoms with Crippen molar-refractivity contribution in [1.82, 2.24) is 9.88 Å². The van der Waals surface area contributed by atoms with Crippen molar-refractivity contribution in [2.45, 2.75) is 39.3 Å². The minimum absolute atomic E-state index is 0.569. The van der Waals surface area contributed by atoms with Gasteiger partial charge in [-0.3, -0.25) is 4.90 Å². The van der Waals surface area contributed by atoms with Crippen LogP contribution >= 0.6 is 0 Å². The standard InChI is InChI=1S/C14H25N3O/c1-4-13(5-2)17(9-10-18-3)11-12-7-6-8-16-14(12)15/h6-8,13H,4-5,9-11H2,1-3H3,(H2,15,16). The normalized spacial score (nSPS) is 11.4. The van der Waals surface area contributed by atoms with E-state index in [4.69, 9.17) is 10.5 Å². The molecule has 0 unspecified atom stereocenters. The molecular formula is C14H25N3O. The van der Waals surface area contributed by atoms with Crippen molar-refractivity contribution in [3.63, 3.8) is 0 Å². The fourth-order valence-electron chi connectivity index (χ4n) is 2.21. The maximum atomic E-state index is 5.91. The van der Waals surface area contributed by atoms with Crippen LogP contribution in [0, 0.1) is 0 Å². The van der Waals surface area contributed by atoms with Crippen LogP contribution in [0.1, 0.15) is 32.3 Å². The van der Waals surface area contributed by atoms with E-state index in [0.717, 1.165) is 38.1 Å². The summed E-state index contributed by atoms with van der Waals surface area (Å²) >= 11 is 0. The molecule has 0 aliphatic carbocycles. The second-order valence-electron chi connectivity index (χ2n) is 4.48. The molecule has 0 aromatic carbocycles. The number of hydrogen-bond acceptors (Lipinski definition) is 4. The van der Waals surface area contributed by atoms with Gasteiger partial charge in [-0.05, 0) is 18.9 Å². The molecule has 1 aromatic heterocycles. The van der Waals surface area contributed by atoms with Crippen LogP contribution in [0.3, 0.4) is 0 Å². The van der Waals surface area contributed by atoms with Crippen LogP contribution in [0.2, 0.25) is 0 Å². The minimum atomic E-state index is 0.569. The summed E-state index contributed by atoms with van der Waals surface area (Å²) in [7, 11) is 1.74. The van der Waals surface area contributed by atoms with Crippen molar-refractivity contribution >= 4 is 5.82 Å². The predicted octanol–water partition coefficient (Wildman–Crippen LogP) is 2.30. The Bertz CT molecular complexity index is 340. The summed E-state index contributed by atoms with van der Waals surface area (Å²) in [6.07, 6.45) is 4.01. The second-order valence-corrected chi connectivity index (χ2v) is 4.48. The van der Waals surface area contributed by atoms with Crippen molar-refractivity contribution in [1.29, 1.82) is 0 Å². The molecule has 0 radical (unpaired) electrons. The Kier molecular flexibility index (Phi) is 6.68. The number of anilines is 1. The molecule has 1 rings (SSSR count). The van der Waals surface area contributed by atoms with Crippen molar-refractivity contribution in [3.8, 4) is 0 Å². The molecular weight excluding hydrogens is 226 g/mol. The number of ether oxygens (including phenoxy) is 1. The van der Waals surface area contributed by atoms with Crippen molar-refractivity contribution in [2.75, 3.05) is 26.0 Å². The van der Waals surface area contributed by atoms with Crippen LogP contribution < -0.4 is 5.73 Å². The van der Waals surface area contributed by atoms with Gasteiger partial charge in [0.1, 0.15) is 5.82 Å². The smallest absolute Gasteiger partial charge is 0.127 e. The Labute approximate surface area is 110 Å². The summed E-state index contributed by atoms with van der Waals surface area (Å²) in [6.45, 7) is 6.96. The fraction of sp³-hybridized carbons (Fsp3) is 0.643. The first-order valence-corrected chi connectivity index (χ1v) is 6.65. The van der Waals surface area contributed by atoms with Gasteiger partial charge >= 0.3 is 0 Å². The molecule has 102 valence electrons. The van der Waals surface area contributed by atoms with E-state index in [0.29, 0.717) is 11.9 Å². The number of rotatable bonds is 8. The Hall–Kier alpha value is -1.13. The molecule has 0 atom stereocenters. The van der Waals surface area contributed by atoms with Gasteiger partial charge in [0.15, 0.2) is 0 Å². The zero-order valence-corrected chi connectivity index (χ0v) is 11.7. The van der Waals surface area contributed by atoms with Crippen LogP contribution in [0.4, 0.5) is 5.82 Å². The van der Waals surface area contributed by atoms with Crippen LogP contribution in [-0.2, 0) is 11.3 Å². The zero-order valence-electron chi connectivity index (χ0n) is 11.7. The third kappa shape index (κ3) is 4.27. The highest BCUT2D eigenvalue weighted by molar-refractivity contribution is 5.38. The van der Waals surface area contributed by atoms with E-state index in [1.165, 1.54) is 0 Å². The molecule has 0 aliphatic heterocycles. The lowest BCUT2D eigenvalue weighted by molar-refractivity contribution is 0.110. The highest BCUT2D eigenvalue weighted by Crippen LogP contribution is 2.16. The van der Waals surface area contributed by atoms with Crippen molar-refractivity contribution < 1.29 is 4.74 Å². The van der Waals surface area contributed by atoms with E-state index in [1.807, 2.05) is 12.1 Å². The van der Waals surface area contributed by atoms with Gasteiger partial charge in [-0.15, -0.1) is 0 Å². The first-order valence-electron chi connectivity index (χ1n) is 6.65. The van der Waals surface area contributed by atoms with Gasteiger partial charge in [0.25, 0.3) is 0 Å². The lowest BCUT2D eigenvalue weighted by atomic mass is 10.1. The minimum Gasteiger partial charge on any atom is -0.383 e. The van der Waals surface area contributed by atoms with Gasteiger partial charge in [-0.2, -0.15) is 0 Å². The van der Waals surface area contributed by atoms with Gasteiger partial charge < -0.3 is 10.5 Å². The highest BCUT2D eigenvalue weighted by atomic mass is 16.5. The molecule has 4 heteroatoms. The largest absolute Gasteiger partial charge is 0.383 e. The molecule has 0 aliphatic rings. The van der Waals surface area contributed by atoms with Gasteiger partial charge in [0.2, 0.25) is 0 Å². The maximum absolute atomic E-state index is 5.91. The molecule has 0 saturated heterocycles. The molecule has 18 heavy (non-hydrogen) atoms. The molecule has 0 fully saturated rings. The second kappa shape index (κ2) is 8.06. The van der Waals surface area contributed by atoms with Gasteiger partial charge in [-0.25, -0.2) is 4.98 Å². The summed E-state index contributed by atoms with van der Waals surface area (Å²) < 4.78 is 5.19. The number of pyridine rings is 1. The number of aromatic nitrogens is 1. The van der Waals surface area contributed by atoms with E-state index < -0.39 is 0 Å². The molecule has 0 bridgehead atoms. The van der Waals surface area contributed by atoms with E-state index in [9.17, 15) is 0 Å². The van der Waals surface area contributed by atoms with E-state index in [2.05, 4.69) is 23.7 Å². The summed E-state index contributed by atoms with van der Waals surface area (Å²) in [4.78, 5) is 6.57. The van der Waals surface area contributed by atoms with Gasteiger partial charge in [0, 0.05) is 38.0 Å². The Morgan fingerprint density at radius 2 is 2.11 bits per heavy atom. The summed E-state index contributed by atoms with van der Waals surface area (Å²) in [6, 6.07) is 4.55. The van der Waals surface area contributed by atoms with Gasteiger partial charge in [-0.1, -0.05) is 19.9 Å². The fourth-order valence-corrected chi connectivity index (χ4v) is 2.21. The first-order chi connectivity index (χ1) is 8.72. The van der Waals surface area contributed by atoms with Crippen molar-refractivity contribution in [3.05, 3.63) is 23.9 Å². The number of methoxy groups -OCH3 is 1. The molecule has 0 amide bonds. The molecule has 0 spiro atoms. The number of nitrogens with two attached hydrogens (primary N) is 1. The molecule has 0 saturated carbocycles. The summed E-state index contributed by atoms with van der Waals surface area (Å²) in [5, 5.41) is 0. The van der Waals surface area contributed by atoms with E-state index >= 15 is 0 Å². The number of nitrogens with zero attached hydrogens (tertiary/aromatic N) is 2. The summed E-state index contributed by atoms with van der Waals surface area (Å²) in [5.74, 6) is 0.630. The van der Waals surface area contributed by atoms with Gasteiger partial charge in [0.05, 0.1) is 6.61 Å². The number of nitrogen functional groups attached to an aromatic ring is 1. The predicted molar refractivity (Wildman–Crippen MR) is 75.3 cm³/mol. The van der Waals surface area contributed by atoms with Crippen LogP contribution in [0.5, 0.6) is 0 Å². The maximum Gasteiger partial charge on any atom is 0.127 e.